The van der Waals surface area contributed by atoms with Crippen molar-refractivity contribution in [2.45, 2.75) is 70.9 Å². The zero-order chi connectivity index (χ0) is 12.5. The summed E-state index contributed by atoms with van der Waals surface area (Å²) in [6.07, 6.45) is 7.67. The Bertz CT molecular complexity index is 274. The van der Waals surface area contributed by atoms with Gasteiger partial charge in [0.15, 0.2) is 0 Å². The average Bonchev–Trinajstić information content (AvgIpc) is 3.05. The second kappa shape index (κ2) is 4.97. The quantitative estimate of drug-likeness (QED) is 0.767. The molecule has 2 N–H and O–H groups in total. The van der Waals surface area contributed by atoms with Crippen LogP contribution >= 0.6 is 0 Å². The van der Waals surface area contributed by atoms with Gasteiger partial charge in [-0.05, 0) is 43.4 Å². The van der Waals surface area contributed by atoms with Crippen LogP contribution in [0.3, 0.4) is 0 Å². The van der Waals surface area contributed by atoms with Crippen molar-refractivity contribution in [3.8, 4) is 0 Å². The third-order valence-corrected chi connectivity index (χ3v) is 4.16. The minimum absolute atomic E-state index is 0.112. The first-order valence-corrected chi connectivity index (χ1v) is 6.92. The Kier molecular flexibility index (Phi) is 3.76. The molecule has 3 nitrogen and oxygen atoms in total. The second-order valence-electron chi connectivity index (χ2n) is 6.59. The molecule has 2 saturated carbocycles. The summed E-state index contributed by atoms with van der Waals surface area (Å²) in [5, 5.41) is 0. The molecular weight excluding hydrogens is 214 g/mol. The highest BCUT2D eigenvalue weighted by Gasteiger charge is 2.32. The average molecular weight is 239 g/mol. The Hall–Kier alpha value is -0.570. The SMILES string of the molecule is CC1(C)CCC(OC(=O)C(N)CC2CC2)CC1. The van der Waals surface area contributed by atoms with Crippen LogP contribution in [0.1, 0.15) is 58.8 Å². The van der Waals surface area contributed by atoms with Crippen molar-refractivity contribution in [2.75, 3.05) is 0 Å². The van der Waals surface area contributed by atoms with E-state index in [1.165, 1.54) is 12.8 Å². The maximum atomic E-state index is 11.8. The van der Waals surface area contributed by atoms with E-state index >= 15 is 0 Å². The van der Waals surface area contributed by atoms with E-state index in [2.05, 4.69) is 13.8 Å². The van der Waals surface area contributed by atoms with Crippen molar-refractivity contribution >= 4 is 5.97 Å². The molecule has 0 heterocycles. The highest BCUT2D eigenvalue weighted by molar-refractivity contribution is 5.75. The van der Waals surface area contributed by atoms with Crippen molar-refractivity contribution in [2.24, 2.45) is 17.1 Å². The molecule has 2 rings (SSSR count). The second-order valence-corrected chi connectivity index (χ2v) is 6.59. The predicted molar refractivity (Wildman–Crippen MR) is 67.4 cm³/mol. The first kappa shape index (κ1) is 12.9. The maximum absolute atomic E-state index is 11.8. The van der Waals surface area contributed by atoms with Crippen LogP contribution in [0.5, 0.6) is 0 Å². The molecule has 0 amide bonds. The molecule has 0 aromatic carbocycles. The number of carbonyl (C=O) groups is 1. The van der Waals surface area contributed by atoms with E-state index < -0.39 is 6.04 Å². The van der Waals surface area contributed by atoms with Gasteiger partial charge in [-0.1, -0.05) is 26.7 Å². The smallest absolute Gasteiger partial charge is 0.323 e. The summed E-state index contributed by atoms with van der Waals surface area (Å²) in [6, 6.07) is -0.391. The fourth-order valence-corrected chi connectivity index (χ4v) is 2.55. The number of rotatable bonds is 4. The molecular formula is C14H25NO2. The number of esters is 1. The topological polar surface area (TPSA) is 52.3 Å². The van der Waals surface area contributed by atoms with Gasteiger partial charge in [0, 0.05) is 0 Å². The van der Waals surface area contributed by atoms with Crippen LogP contribution in [-0.4, -0.2) is 18.1 Å². The van der Waals surface area contributed by atoms with E-state index in [1.807, 2.05) is 0 Å². The molecule has 3 heteroatoms. The molecule has 2 aliphatic rings. The Morgan fingerprint density at radius 3 is 2.41 bits per heavy atom. The number of hydrogen-bond donors (Lipinski definition) is 1. The summed E-state index contributed by atoms with van der Waals surface area (Å²) in [5.41, 5.74) is 6.27. The van der Waals surface area contributed by atoms with Gasteiger partial charge in [-0.25, -0.2) is 0 Å². The van der Waals surface area contributed by atoms with Crippen LogP contribution in [0, 0.1) is 11.3 Å². The van der Waals surface area contributed by atoms with Gasteiger partial charge in [-0.3, -0.25) is 4.79 Å². The minimum atomic E-state index is -0.391. The molecule has 17 heavy (non-hydrogen) atoms. The normalized spacial score (nSPS) is 26.5. The molecule has 0 aromatic heterocycles. The van der Waals surface area contributed by atoms with Crippen molar-refractivity contribution in [1.82, 2.24) is 0 Å². The standard InChI is InChI=1S/C14H25NO2/c1-14(2)7-5-11(6-8-14)17-13(16)12(15)9-10-3-4-10/h10-12H,3-9,15H2,1-2H3. The molecule has 0 spiro atoms. The van der Waals surface area contributed by atoms with Gasteiger partial charge in [0.25, 0.3) is 0 Å². The van der Waals surface area contributed by atoms with E-state index in [1.54, 1.807) is 0 Å². The van der Waals surface area contributed by atoms with E-state index in [0.29, 0.717) is 11.3 Å². The summed E-state index contributed by atoms with van der Waals surface area (Å²) in [7, 11) is 0. The Balaban J connectivity index is 1.71. The molecule has 0 aromatic rings. The van der Waals surface area contributed by atoms with Gasteiger partial charge >= 0.3 is 5.97 Å². The Morgan fingerprint density at radius 1 is 1.29 bits per heavy atom. The lowest BCUT2D eigenvalue weighted by atomic mass is 9.76. The number of hydrogen-bond acceptors (Lipinski definition) is 3. The molecule has 0 saturated heterocycles. The summed E-state index contributed by atoms with van der Waals surface area (Å²) in [5.74, 6) is 0.504. The van der Waals surface area contributed by atoms with Crippen LogP contribution in [-0.2, 0) is 9.53 Å². The number of nitrogens with two attached hydrogens (primary N) is 1. The van der Waals surface area contributed by atoms with Crippen LogP contribution in [0.15, 0.2) is 0 Å². The molecule has 0 bridgehead atoms. The van der Waals surface area contributed by atoms with Gasteiger partial charge in [0.1, 0.15) is 12.1 Å². The lowest BCUT2D eigenvalue weighted by Crippen LogP contribution is -2.37. The molecule has 0 aliphatic heterocycles. The monoisotopic (exact) mass is 239 g/mol. The summed E-state index contributed by atoms with van der Waals surface area (Å²) in [6.45, 7) is 4.56. The van der Waals surface area contributed by atoms with Crippen molar-refractivity contribution in [3.05, 3.63) is 0 Å². The summed E-state index contributed by atoms with van der Waals surface area (Å²) >= 11 is 0. The van der Waals surface area contributed by atoms with E-state index in [-0.39, 0.29) is 12.1 Å². The summed E-state index contributed by atoms with van der Waals surface area (Å²) < 4.78 is 5.51. The number of carbonyl (C=O) groups excluding carboxylic acids is 1. The van der Waals surface area contributed by atoms with Crippen LogP contribution in [0.4, 0.5) is 0 Å². The third kappa shape index (κ3) is 3.98. The molecule has 2 aliphatic carbocycles. The molecule has 0 radical (unpaired) electrons. The first-order chi connectivity index (χ1) is 7.96. The van der Waals surface area contributed by atoms with Crippen molar-refractivity contribution in [1.29, 1.82) is 0 Å². The predicted octanol–water partition coefficient (Wildman–Crippen LogP) is 2.63. The zero-order valence-electron chi connectivity index (χ0n) is 11.1. The van der Waals surface area contributed by atoms with Crippen LogP contribution in [0.25, 0.3) is 0 Å². The van der Waals surface area contributed by atoms with E-state index in [4.69, 9.17) is 10.5 Å². The zero-order valence-corrected chi connectivity index (χ0v) is 11.1. The van der Waals surface area contributed by atoms with Crippen LogP contribution in [0.2, 0.25) is 0 Å². The van der Waals surface area contributed by atoms with Gasteiger partial charge in [0.05, 0.1) is 0 Å². The lowest BCUT2D eigenvalue weighted by molar-refractivity contribution is -0.153. The third-order valence-electron chi connectivity index (χ3n) is 4.16. The van der Waals surface area contributed by atoms with Gasteiger partial charge in [-0.2, -0.15) is 0 Å². The molecule has 1 atom stereocenters. The highest BCUT2D eigenvalue weighted by Crippen LogP contribution is 2.37. The first-order valence-electron chi connectivity index (χ1n) is 6.92. The van der Waals surface area contributed by atoms with Gasteiger partial charge in [0.2, 0.25) is 0 Å². The Labute approximate surface area is 104 Å². The van der Waals surface area contributed by atoms with Crippen molar-refractivity contribution in [3.63, 3.8) is 0 Å². The van der Waals surface area contributed by atoms with E-state index in [0.717, 1.165) is 32.1 Å². The molecule has 2 fully saturated rings. The maximum Gasteiger partial charge on any atom is 0.323 e. The molecule has 98 valence electrons. The fourth-order valence-electron chi connectivity index (χ4n) is 2.55. The summed E-state index contributed by atoms with van der Waals surface area (Å²) in [4.78, 5) is 11.8. The van der Waals surface area contributed by atoms with E-state index in [9.17, 15) is 4.79 Å². The fraction of sp³-hybridized carbons (Fsp3) is 0.929. The minimum Gasteiger partial charge on any atom is -0.461 e. The largest absolute Gasteiger partial charge is 0.461 e. The van der Waals surface area contributed by atoms with Gasteiger partial charge in [-0.15, -0.1) is 0 Å². The van der Waals surface area contributed by atoms with Crippen molar-refractivity contribution < 1.29 is 9.53 Å². The van der Waals surface area contributed by atoms with Gasteiger partial charge < -0.3 is 10.5 Å². The Morgan fingerprint density at radius 2 is 1.88 bits per heavy atom. The highest BCUT2D eigenvalue weighted by atomic mass is 16.5. The number of ether oxygens (including phenoxy) is 1. The lowest BCUT2D eigenvalue weighted by Gasteiger charge is -2.34. The van der Waals surface area contributed by atoms with Crippen LogP contribution < -0.4 is 5.73 Å². The molecule has 1 unspecified atom stereocenters.